The van der Waals surface area contributed by atoms with E-state index in [1.807, 2.05) is 30.3 Å². The number of unbranched alkanes of at least 4 members (excludes halogenated alkanes) is 2. The van der Waals surface area contributed by atoms with Crippen molar-refractivity contribution >= 4 is 12.3 Å². The summed E-state index contributed by atoms with van der Waals surface area (Å²) < 4.78 is 3.37. The van der Waals surface area contributed by atoms with Crippen LogP contribution in [-0.4, -0.2) is 26.5 Å². The molecule has 1 heterocycles. The predicted octanol–water partition coefficient (Wildman–Crippen LogP) is 5.65. The van der Waals surface area contributed by atoms with Crippen LogP contribution in [0.15, 0.2) is 53.3 Å². The Morgan fingerprint density at radius 1 is 1.03 bits per heavy atom. The fourth-order valence-electron chi connectivity index (χ4n) is 4.27. The number of imidazole rings is 1. The van der Waals surface area contributed by atoms with Crippen LogP contribution < -0.4 is 5.69 Å². The Kier molecular flexibility index (Phi) is 8.63. The van der Waals surface area contributed by atoms with Crippen LogP contribution in [0, 0.1) is 5.92 Å². The molecular formula is C28H34N2O4. The van der Waals surface area contributed by atoms with Gasteiger partial charge in [0.1, 0.15) is 5.69 Å². The van der Waals surface area contributed by atoms with Gasteiger partial charge >= 0.3 is 11.7 Å². The molecule has 0 aliphatic heterocycles. The number of carbonyl (C=O) groups excluding carboxylic acids is 1. The monoisotopic (exact) mass is 462 g/mol. The minimum atomic E-state index is -0.966. The molecular weight excluding hydrogens is 428 g/mol. The summed E-state index contributed by atoms with van der Waals surface area (Å²) in [5.41, 5.74) is 3.79. The standard InChI is InChI=1S/C28H34N2O4/c1-4-5-8-17-29-26(19-31)25(16-11-20(2)3)30(28(29)34)18-21-12-14-22(15-13-21)23-9-6-7-10-24(23)27(32)33/h6-7,9-10,12-15,19-20H,4-5,8,11,16-18H2,1-3H3,(H,32,33). The van der Waals surface area contributed by atoms with E-state index < -0.39 is 5.97 Å². The maximum absolute atomic E-state index is 13.3. The number of hydrogen-bond donors (Lipinski definition) is 1. The van der Waals surface area contributed by atoms with E-state index in [-0.39, 0.29) is 11.3 Å². The number of hydrogen-bond acceptors (Lipinski definition) is 3. The molecule has 0 amide bonds. The molecule has 0 saturated heterocycles. The summed E-state index contributed by atoms with van der Waals surface area (Å²) in [5.74, 6) is -0.507. The van der Waals surface area contributed by atoms with Gasteiger partial charge in [-0.15, -0.1) is 0 Å². The SMILES string of the molecule is CCCCCn1c(C=O)c(CCC(C)C)n(Cc2ccc(-c3ccccc3C(=O)O)cc2)c1=O. The molecule has 1 N–H and O–H groups in total. The van der Waals surface area contributed by atoms with E-state index in [0.29, 0.717) is 36.7 Å². The number of rotatable bonds is 12. The van der Waals surface area contributed by atoms with E-state index in [1.165, 1.54) is 0 Å². The number of carboxylic acid groups (broad SMARTS) is 1. The zero-order chi connectivity index (χ0) is 24.7. The van der Waals surface area contributed by atoms with E-state index >= 15 is 0 Å². The number of aromatic carboxylic acids is 1. The highest BCUT2D eigenvalue weighted by atomic mass is 16.4. The number of benzene rings is 2. The van der Waals surface area contributed by atoms with Crippen LogP contribution in [0.1, 0.15) is 78.6 Å². The molecule has 0 aliphatic rings. The van der Waals surface area contributed by atoms with Gasteiger partial charge in [-0.3, -0.25) is 13.9 Å². The molecule has 180 valence electrons. The summed E-state index contributed by atoms with van der Waals surface area (Å²) in [5, 5.41) is 9.49. The maximum Gasteiger partial charge on any atom is 0.336 e. The van der Waals surface area contributed by atoms with Gasteiger partial charge in [0.25, 0.3) is 0 Å². The largest absolute Gasteiger partial charge is 0.478 e. The van der Waals surface area contributed by atoms with Crippen LogP contribution in [0.25, 0.3) is 11.1 Å². The summed E-state index contributed by atoms with van der Waals surface area (Å²) in [4.78, 5) is 36.9. The van der Waals surface area contributed by atoms with Gasteiger partial charge in [-0.2, -0.15) is 0 Å². The van der Waals surface area contributed by atoms with Gasteiger partial charge in [-0.25, -0.2) is 9.59 Å². The Morgan fingerprint density at radius 2 is 1.74 bits per heavy atom. The van der Waals surface area contributed by atoms with E-state index in [4.69, 9.17) is 0 Å². The van der Waals surface area contributed by atoms with Crippen molar-refractivity contribution in [3.63, 3.8) is 0 Å². The van der Waals surface area contributed by atoms with Crippen molar-refractivity contribution in [2.75, 3.05) is 0 Å². The fraction of sp³-hybridized carbons (Fsp3) is 0.393. The average molecular weight is 463 g/mol. The zero-order valence-corrected chi connectivity index (χ0v) is 20.3. The highest BCUT2D eigenvalue weighted by Crippen LogP contribution is 2.25. The Morgan fingerprint density at radius 3 is 2.35 bits per heavy atom. The minimum absolute atomic E-state index is 0.141. The van der Waals surface area contributed by atoms with E-state index in [9.17, 15) is 19.5 Å². The van der Waals surface area contributed by atoms with Crippen molar-refractivity contribution in [1.82, 2.24) is 9.13 Å². The van der Waals surface area contributed by atoms with Gasteiger partial charge < -0.3 is 5.11 Å². The van der Waals surface area contributed by atoms with Crippen LogP contribution in [0.3, 0.4) is 0 Å². The summed E-state index contributed by atoms with van der Waals surface area (Å²) in [6.07, 6.45) is 5.31. The van der Waals surface area contributed by atoms with Gasteiger partial charge in [0.05, 0.1) is 17.8 Å². The molecule has 0 bridgehead atoms. The minimum Gasteiger partial charge on any atom is -0.478 e. The second kappa shape index (κ2) is 11.6. The Balaban J connectivity index is 1.95. The third kappa shape index (κ3) is 5.74. The summed E-state index contributed by atoms with van der Waals surface area (Å²) >= 11 is 0. The Bertz CT molecular complexity index is 1190. The fourth-order valence-corrected chi connectivity index (χ4v) is 4.27. The summed E-state index contributed by atoms with van der Waals surface area (Å²) in [7, 11) is 0. The lowest BCUT2D eigenvalue weighted by Gasteiger charge is -2.11. The van der Waals surface area contributed by atoms with Crippen molar-refractivity contribution in [3.05, 3.63) is 81.5 Å². The molecule has 0 spiro atoms. The molecule has 1 aromatic heterocycles. The van der Waals surface area contributed by atoms with Gasteiger partial charge in [-0.1, -0.05) is 76.1 Å². The molecule has 0 unspecified atom stereocenters. The molecule has 6 nitrogen and oxygen atoms in total. The highest BCUT2D eigenvalue weighted by Gasteiger charge is 2.20. The lowest BCUT2D eigenvalue weighted by molar-refractivity contribution is 0.0697. The average Bonchev–Trinajstić information content (AvgIpc) is 3.08. The number of nitrogens with zero attached hydrogens (tertiary/aromatic N) is 2. The zero-order valence-electron chi connectivity index (χ0n) is 20.3. The molecule has 0 aliphatic carbocycles. The first-order valence-corrected chi connectivity index (χ1v) is 12.1. The van der Waals surface area contributed by atoms with Gasteiger partial charge in [0.15, 0.2) is 6.29 Å². The summed E-state index contributed by atoms with van der Waals surface area (Å²) in [6, 6.07) is 14.5. The smallest absolute Gasteiger partial charge is 0.336 e. The normalized spacial score (nSPS) is 11.2. The molecule has 3 aromatic rings. The van der Waals surface area contributed by atoms with Crippen LogP contribution in [-0.2, 0) is 19.5 Å². The van der Waals surface area contributed by atoms with Crippen LogP contribution in [0.4, 0.5) is 0 Å². The third-order valence-corrected chi connectivity index (χ3v) is 6.19. The molecule has 3 rings (SSSR count). The van der Waals surface area contributed by atoms with Crippen LogP contribution in [0.5, 0.6) is 0 Å². The molecule has 6 heteroatoms. The topological polar surface area (TPSA) is 81.3 Å². The first-order chi connectivity index (χ1) is 16.4. The molecule has 0 radical (unpaired) electrons. The first-order valence-electron chi connectivity index (χ1n) is 12.1. The molecule has 0 saturated carbocycles. The third-order valence-electron chi connectivity index (χ3n) is 6.19. The number of aldehydes is 1. The van der Waals surface area contributed by atoms with Gasteiger partial charge in [0, 0.05) is 6.54 Å². The molecule has 34 heavy (non-hydrogen) atoms. The van der Waals surface area contributed by atoms with Crippen molar-refractivity contribution < 1.29 is 14.7 Å². The molecule has 0 fully saturated rings. The van der Waals surface area contributed by atoms with Crippen molar-refractivity contribution in [1.29, 1.82) is 0 Å². The lowest BCUT2D eigenvalue weighted by atomic mass is 9.98. The quantitative estimate of drug-likeness (QED) is 0.278. The van der Waals surface area contributed by atoms with Gasteiger partial charge in [0.2, 0.25) is 0 Å². The van der Waals surface area contributed by atoms with Crippen LogP contribution in [0.2, 0.25) is 0 Å². The highest BCUT2D eigenvalue weighted by molar-refractivity contribution is 5.96. The predicted molar refractivity (Wildman–Crippen MR) is 135 cm³/mol. The maximum atomic E-state index is 13.3. The Hall–Kier alpha value is -3.41. The second-order valence-electron chi connectivity index (χ2n) is 9.16. The Labute approximate surface area is 200 Å². The first kappa shape index (κ1) is 25.2. The van der Waals surface area contributed by atoms with E-state index in [2.05, 4.69) is 20.8 Å². The van der Waals surface area contributed by atoms with Crippen molar-refractivity contribution in [3.8, 4) is 11.1 Å². The molecule has 0 atom stereocenters. The van der Waals surface area contributed by atoms with E-state index in [1.54, 1.807) is 27.3 Å². The number of carbonyl (C=O) groups is 2. The van der Waals surface area contributed by atoms with Crippen molar-refractivity contribution in [2.24, 2.45) is 5.92 Å². The lowest BCUT2D eigenvalue weighted by Crippen LogP contribution is -2.26. The van der Waals surface area contributed by atoms with Gasteiger partial charge in [-0.05, 0) is 47.9 Å². The number of carboxylic acids is 1. The van der Waals surface area contributed by atoms with Crippen molar-refractivity contribution in [2.45, 2.75) is 66.0 Å². The second-order valence-corrected chi connectivity index (χ2v) is 9.16. The number of aromatic nitrogens is 2. The van der Waals surface area contributed by atoms with E-state index in [0.717, 1.165) is 48.8 Å². The molecule has 2 aromatic carbocycles. The summed E-state index contributed by atoms with van der Waals surface area (Å²) in [6.45, 7) is 7.30. The van der Waals surface area contributed by atoms with Crippen LogP contribution >= 0.6 is 0 Å².